The predicted molar refractivity (Wildman–Crippen MR) is 117 cm³/mol. The van der Waals surface area contributed by atoms with Gasteiger partial charge in [0.2, 0.25) is 0 Å². The van der Waals surface area contributed by atoms with Crippen molar-refractivity contribution < 1.29 is 9.26 Å². The number of morpholine rings is 1. The summed E-state index contributed by atoms with van der Waals surface area (Å²) in [6.45, 7) is 3.21. The second-order valence-corrected chi connectivity index (χ2v) is 7.51. The topological polar surface area (TPSA) is 77.4 Å². The minimum absolute atomic E-state index is 0.205. The SMILES string of the molecule is N[C@@H](Cc1cccc(N2CCOCC2)n1)c1ccccc1-c1noc2ccccc12. The van der Waals surface area contributed by atoms with Crippen LogP contribution in [0.15, 0.2) is 71.3 Å². The van der Waals surface area contributed by atoms with Crippen molar-refractivity contribution in [1.29, 1.82) is 0 Å². The van der Waals surface area contributed by atoms with Gasteiger partial charge in [-0.25, -0.2) is 4.98 Å². The van der Waals surface area contributed by atoms with Crippen molar-refractivity contribution in [2.45, 2.75) is 12.5 Å². The van der Waals surface area contributed by atoms with Crippen LogP contribution in [-0.4, -0.2) is 36.4 Å². The Balaban J connectivity index is 1.43. The van der Waals surface area contributed by atoms with Gasteiger partial charge in [-0.05, 0) is 29.8 Å². The number of hydrogen-bond acceptors (Lipinski definition) is 6. The van der Waals surface area contributed by atoms with Crippen LogP contribution < -0.4 is 10.6 Å². The first kappa shape index (κ1) is 18.8. The number of para-hydroxylation sites is 1. The Labute approximate surface area is 175 Å². The third-order valence-electron chi connectivity index (χ3n) is 5.55. The Morgan fingerprint density at radius 1 is 0.933 bits per heavy atom. The zero-order valence-electron chi connectivity index (χ0n) is 16.7. The second kappa shape index (κ2) is 8.26. The van der Waals surface area contributed by atoms with Gasteiger partial charge >= 0.3 is 0 Å². The Morgan fingerprint density at radius 2 is 1.73 bits per heavy atom. The molecule has 0 spiro atoms. The van der Waals surface area contributed by atoms with Gasteiger partial charge in [0.1, 0.15) is 11.5 Å². The molecule has 0 radical (unpaired) electrons. The summed E-state index contributed by atoms with van der Waals surface area (Å²) < 4.78 is 11.0. The standard InChI is InChI=1S/C24H24N4O2/c25-21(16-17-6-5-11-23(26-17)28-12-14-29-15-13-28)18-7-1-2-8-19(18)24-20-9-3-4-10-22(20)30-27-24/h1-11,21H,12-16,25H2/t21-/m0/s1. The highest BCUT2D eigenvalue weighted by Gasteiger charge is 2.19. The molecule has 1 aliphatic heterocycles. The van der Waals surface area contributed by atoms with Gasteiger partial charge in [-0.3, -0.25) is 0 Å². The molecule has 0 bridgehead atoms. The highest BCUT2D eigenvalue weighted by atomic mass is 16.5. The molecule has 2 N–H and O–H groups in total. The van der Waals surface area contributed by atoms with Gasteiger partial charge in [0.15, 0.2) is 5.58 Å². The fourth-order valence-electron chi connectivity index (χ4n) is 4.00. The Morgan fingerprint density at radius 3 is 2.63 bits per heavy atom. The van der Waals surface area contributed by atoms with Gasteiger partial charge in [-0.1, -0.05) is 47.6 Å². The van der Waals surface area contributed by atoms with Crippen LogP contribution in [0.2, 0.25) is 0 Å². The van der Waals surface area contributed by atoms with E-state index < -0.39 is 0 Å². The molecule has 6 heteroatoms. The summed E-state index contributed by atoms with van der Waals surface area (Å²) >= 11 is 0. The summed E-state index contributed by atoms with van der Waals surface area (Å²) in [6.07, 6.45) is 0.644. The van der Waals surface area contributed by atoms with Crippen LogP contribution in [0.25, 0.3) is 22.2 Å². The Hall–Kier alpha value is -3.22. The molecule has 2 aromatic carbocycles. The number of nitrogens with zero attached hydrogens (tertiary/aromatic N) is 3. The molecule has 6 nitrogen and oxygen atoms in total. The van der Waals surface area contributed by atoms with Crippen LogP contribution in [0.3, 0.4) is 0 Å². The Kier molecular flexibility index (Phi) is 5.17. The third-order valence-corrected chi connectivity index (χ3v) is 5.55. The van der Waals surface area contributed by atoms with Crippen LogP contribution >= 0.6 is 0 Å². The average Bonchev–Trinajstić information content (AvgIpc) is 3.24. The average molecular weight is 400 g/mol. The maximum atomic E-state index is 6.67. The van der Waals surface area contributed by atoms with E-state index in [2.05, 4.69) is 34.3 Å². The van der Waals surface area contributed by atoms with Crippen LogP contribution in [-0.2, 0) is 11.2 Å². The summed E-state index contributed by atoms with van der Waals surface area (Å²) in [5, 5.41) is 5.32. The van der Waals surface area contributed by atoms with Gasteiger partial charge in [-0.15, -0.1) is 0 Å². The van der Waals surface area contributed by atoms with Crippen molar-refractivity contribution in [3.63, 3.8) is 0 Å². The molecule has 0 unspecified atom stereocenters. The van der Waals surface area contributed by atoms with E-state index in [1.54, 1.807) is 0 Å². The number of rotatable bonds is 5. The minimum Gasteiger partial charge on any atom is -0.378 e. The van der Waals surface area contributed by atoms with Crippen LogP contribution in [0.4, 0.5) is 5.82 Å². The molecule has 1 atom stereocenters. The molecule has 3 heterocycles. The molecule has 0 saturated carbocycles. The molecular formula is C24H24N4O2. The number of anilines is 1. The molecule has 0 amide bonds. The first-order valence-corrected chi connectivity index (χ1v) is 10.3. The number of nitrogens with two attached hydrogens (primary N) is 1. The first-order valence-electron chi connectivity index (χ1n) is 10.3. The lowest BCUT2D eigenvalue weighted by atomic mass is 9.94. The fourth-order valence-corrected chi connectivity index (χ4v) is 4.00. The van der Waals surface area contributed by atoms with E-state index in [1.807, 2.05) is 42.5 Å². The molecule has 0 aliphatic carbocycles. The van der Waals surface area contributed by atoms with Crippen molar-refractivity contribution in [2.24, 2.45) is 5.73 Å². The molecule has 5 rings (SSSR count). The quantitative estimate of drug-likeness (QED) is 0.546. The Bertz CT molecular complexity index is 1150. The number of benzene rings is 2. The lowest BCUT2D eigenvalue weighted by molar-refractivity contribution is 0.122. The summed E-state index contributed by atoms with van der Waals surface area (Å²) in [5.74, 6) is 0.985. The minimum atomic E-state index is -0.205. The fraction of sp³-hybridized carbons (Fsp3) is 0.250. The number of ether oxygens (including phenoxy) is 1. The molecule has 30 heavy (non-hydrogen) atoms. The maximum Gasteiger partial charge on any atom is 0.167 e. The number of pyridine rings is 1. The van der Waals surface area contributed by atoms with Gasteiger partial charge in [0.25, 0.3) is 0 Å². The van der Waals surface area contributed by atoms with Crippen molar-refractivity contribution in [1.82, 2.24) is 10.1 Å². The molecule has 1 saturated heterocycles. The van der Waals surface area contributed by atoms with Crippen molar-refractivity contribution in [3.8, 4) is 11.3 Å². The van der Waals surface area contributed by atoms with Gasteiger partial charge in [-0.2, -0.15) is 0 Å². The molecular weight excluding hydrogens is 376 g/mol. The molecule has 4 aromatic rings. The molecule has 1 aliphatic rings. The van der Waals surface area contributed by atoms with E-state index in [0.717, 1.165) is 65.6 Å². The van der Waals surface area contributed by atoms with Crippen LogP contribution in [0.1, 0.15) is 17.3 Å². The summed E-state index contributed by atoms with van der Waals surface area (Å²) in [5.41, 5.74) is 11.3. The van der Waals surface area contributed by atoms with Crippen molar-refractivity contribution >= 4 is 16.8 Å². The number of aromatic nitrogens is 2. The smallest absolute Gasteiger partial charge is 0.167 e. The van der Waals surface area contributed by atoms with Crippen molar-refractivity contribution in [2.75, 3.05) is 31.2 Å². The van der Waals surface area contributed by atoms with Gasteiger partial charge in [0.05, 0.1) is 13.2 Å². The highest BCUT2D eigenvalue weighted by molar-refractivity contribution is 5.92. The monoisotopic (exact) mass is 400 g/mol. The van der Waals surface area contributed by atoms with Crippen LogP contribution in [0, 0.1) is 0 Å². The summed E-state index contributed by atoms with van der Waals surface area (Å²) in [7, 11) is 0. The lowest BCUT2D eigenvalue weighted by Crippen LogP contribution is -2.36. The van der Waals surface area contributed by atoms with Gasteiger partial charge < -0.3 is 19.9 Å². The molecule has 152 valence electrons. The highest BCUT2D eigenvalue weighted by Crippen LogP contribution is 2.33. The lowest BCUT2D eigenvalue weighted by Gasteiger charge is -2.28. The first-order chi connectivity index (χ1) is 14.8. The maximum absolute atomic E-state index is 6.67. The van der Waals surface area contributed by atoms with E-state index in [9.17, 15) is 0 Å². The summed E-state index contributed by atoms with van der Waals surface area (Å²) in [6, 6.07) is 22.0. The van der Waals surface area contributed by atoms with E-state index in [-0.39, 0.29) is 6.04 Å². The van der Waals surface area contributed by atoms with E-state index in [1.165, 1.54) is 0 Å². The summed E-state index contributed by atoms with van der Waals surface area (Å²) in [4.78, 5) is 7.12. The molecule has 1 fully saturated rings. The third kappa shape index (κ3) is 3.67. The van der Waals surface area contributed by atoms with Crippen molar-refractivity contribution in [3.05, 3.63) is 78.0 Å². The van der Waals surface area contributed by atoms with E-state index in [0.29, 0.717) is 6.42 Å². The zero-order chi connectivity index (χ0) is 20.3. The van der Waals surface area contributed by atoms with Crippen LogP contribution in [0.5, 0.6) is 0 Å². The largest absolute Gasteiger partial charge is 0.378 e. The number of hydrogen-bond donors (Lipinski definition) is 1. The van der Waals surface area contributed by atoms with Gasteiger partial charge in [0, 0.05) is 42.2 Å². The van der Waals surface area contributed by atoms with E-state index in [4.69, 9.17) is 20.0 Å². The zero-order valence-corrected chi connectivity index (χ0v) is 16.7. The normalized spacial score (nSPS) is 15.4. The predicted octanol–water partition coefficient (Wildman–Crippen LogP) is 3.97. The van der Waals surface area contributed by atoms with E-state index >= 15 is 0 Å². The molecule has 2 aromatic heterocycles. The second-order valence-electron chi connectivity index (χ2n) is 7.51. The number of fused-ring (bicyclic) bond motifs is 1.